The molecule has 2 aliphatic rings. The Balaban J connectivity index is 1.41. The van der Waals surface area contributed by atoms with Gasteiger partial charge >= 0.3 is 12.7 Å². The number of nitrogens with zero attached hydrogens (tertiary/aromatic N) is 6. The van der Waals surface area contributed by atoms with Crippen molar-refractivity contribution in [2.24, 2.45) is 5.92 Å². The molecule has 1 saturated carbocycles. The lowest BCUT2D eigenvalue weighted by Gasteiger charge is -2.30. The van der Waals surface area contributed by atoms with Crippen LogP contribution in [0, 0.1) is 11.9 Å². The molecular formula is C27H24F6N6O. The van der Waals surface area contributed by atoms with Gasteiger partial charge < -0.3 is 4.90 Å². The van der Waals surface area contributed by atoms with Crippen LogP contribution in [0.25, 0.3) is 5.65 Å². The Morgan fingerprint density at radius 1 is 1.12 bits per heavy atom. The number of carbonyl (C=O) groups is 1. The smallest absolute Gasteiger partial charge is 0.330 e. The van der Waals surface area contributed by atoms with Crippen LogP contribution < -0.4 is 0 Å². The molecule has 0 radical (unpaired) electrons. The van der Waals surface area contributed by atoms with Gasteiger partial charge in [-0.3, -0.25) is 4.79 Å². The molecule has 4 aromatic rings. The molecule has 0 N–H and O–H groups in total. The third-order valence-corrected chi connectivity index (χ3v) is 7.99. The van der Waals surface area contributed by atoms with Crippen LogP contribution in [0.15, 0.2) is 48.8 Å². The van der Waals surface area contributed by atoms with Gasteiger partial charge in [0.05, 0.1) is 16.8 Å². The van der Waals surface area contributed by atoms with Crippen LogP contribution in [0.3, 0.4) is 0 Å². The molecule has 40 heavy (non-hydrogen) atoms. The molecule has 3 heterocycles. The van der Waals surface area contributed by atoms with Gasteiger partial charge in [-0.2, -0.15) is 31.4 Å². The fourth-order valence-electron chi connectivity index (χ4n) is 5.89. The van der Waals surface area contributed by atoms with Gasteiger partial charge in [0.15, 0.2) is 11.7 Å². The van der Waals surface area contributed by atoms with Crippen molar-refractivity contribution in [1.82, 2.24) is 29.3 Å². The molecule has 0 spiro atoms. The summed E-state index contributed by atoms with van der Waals surface area (Å²) in [6.07, 6.45) is -0.491. The van der Waals surface area contributed by atoms with Gasteiger partial charge in [0.1, 0.15) is 0 Å². The van der Waals surface area contributed by atoms with Crippen LogP contribution in [0.1, 0.15) is 72.8 Å². The van der Waals surface area contributed by atoms with E-state index in [0.717, 1.165) is 17.2 Å². The second-order valence-electron chi connectivity index (χ2n) is 10.7. The zero-order chi connectivity index (χ0) is 28.6. The van der Waals surface area contributed by atoms with E-state index in [2.05, 4.69) is 15.2 Å². The summed E-state index contributed by atoms with van der Waals surface area (Å²) < 4.78 is 85.0. The Morgan fingerprint density at radius 3 is 2.42 bits per heavy atom. The Morgan fingerprint density at radius 2 is 1.82 bits per heavy atom. The summed E-state index contributed by atoms with van der Waals surface area (Å²) in [6, 6.07) is 6.35. The number of carbonyl (C=O) groups excluding carboxylic acids is 1. The summed E-state index contributed by atoms with van der Waals surface area (Å²) in [6.45, 7) is -1.07. The number of benzene rings is 1. The molecule has 13 heteroatoms. The summed E-state index contributed by atoms with van der Waals surface area (Å²) in [5, 5.41) is 8.01. The number of amides is 1. The number of hydrogen-bond acceptors (Lipinski definition) is 4. The van der Waals surface area contributed by atoms with Gasteiger partial charge in [0.2, 0.25) is 11.9 Å². The van der Waals surface area contributed by atoms with Crippen LogP contribution in [0.2, 0.25) is 0 Å². The third-order valence-electron chi connectivity index (χ3n) is 7.99. The van der Waals surface area contributed by atoms with E-state index in [1.807, 2.05) is 0 Å². The average Bonchev–Trinajstić information content (AvgIpc) is 3.34. The van der Waals surface area contributed by atoms with E-state index in [9.17, 15) is 31.1 Å². The standard InChI is InChI=1S/C27H24F6N6O/c1-26(19-9-10-38(35-19)25(29)30)12-17(18-13-34-21-11-20(28)36-39(21)23(18)26)14-3-5-15(6-4-14)22(27(31,32)33)37(2)24(40)16-7-8-16/h3-6,9-11,13,16-17,22,25H,7-8,12H2,1-2H3/t17-,22-,26-/m0/s1. The maximum atomic E-state index is 14.2. The Hall–Kier alpha value is -3.90. The molecule has 1 aromatic carbocycles. The number of aromatic nitrogens is 5. The minimum atomic E-state index is -4.68. The van der Waals surface area contributed by atoms with Crippen molar-refractivity contribution >= 4 is 11.6 Å². The van der Waals surface area contributed by atoms with E-state index < -0.39 is 42.0 Å². The molecule has 2 aliphatic carbocycles. The first-order valence-electron chi connectivity index (χ1n) is 12.7. The zero-order valence-electron chi connectivity index (χ0n) is 21.4. The van der Waals surface area contributed by atoms with E-state index in [1.165, 1.54) is 29.8 Å². The van der Waals surface area contributed by atoms with E-state index in [1.54, 1.807) is 25.3 Å². The maximum Gasteiger partial charge on any atom is 0.413 e. The Labute approximate surface area is 224 Å². The summed E-state index contributed by atoms with van der Waals surface area (Å²) in [5.41, 5.74) is 1.25. The first kappa shape index (κ1) is 26.3. The first-order chi connectivity index (χ1) is 18.9. The minimum absolute atomic E-state index is 0.0767. The number of hydrogen-bond donors (Lipinski definition) is 0. The van der Waals surface area contributed by atoms with Crippen molar-refractivity contribution in [2.45, 2.75) is 56.3 Å². The molecule has 1 amide bonds. The highest BCUT2D eigenvalue weighted by Gasteiger charge is 2.49. The van der Waals surface area contributed by atoms with Crippen molar-refractivity contribution in [3.05, 3.63) is 82.8 Å². The highest BCUT2D eigenvalue weighted by atomic mass is 19.4. The van der Waals surface area contributed by atoms with E-state index in [4.69, 9.17) is 0 Å². The zero-order valence-corrected chi connectivity index (χ0v) is 21.4. The Bertz CT molecular complexity index is 1590. The van der Waals surface area contributed by atoms with E-state index in [0.29, 0.717) is 46.5 Å². The maximum absolute atomic E-state index is 14.2. The van der Waals surface area contributed by atoms with Crippen LogP contribution in [-0.2, 0) is 10.2 Å². The fraction of sp³-hybridized carbons (Fsp3) is 0.407. The lowest BCUT2D eigenvalue weighted by molar-refractivity contribution is -0.189. The lowest BCUT2D eigenvalue weighted by Crippen LogP contribution is -2.40. The lowest BCUT2D eigenvalue weighted by atomic mass is 9.81. The monoisotopic (exact) mass is 562 g/mol. The highest BCUT2D eigenvalue weighted by molar-refractivity contribution is 5.81. The SMILES string of the molecule is CN(C(=O)C1CC1)[C@@H](c1ccc([C@@H]2C[C@@](C)(c3ccn(C(F)F)n3)c3c2cnc2cc(F)nn32)cc1)C(F)(F)F. The second kappa shape index (κ2) is 9.07. The van der Waals surface area contributed by atoms with Crippen molar-refractivity contribution in [2.75, 3.05) is 7.05 Å². The molecule has 1 fully saturated rings. The van der Waals surface area contributed by atoms with Crippen LogP contribution in [-0.4, -0.2) is 48.4 Å². The van der Waals surface area contributed by atoms with Crippen molar-refractivity contribution in [1.29, 1.82) is 0 Å². The first-order valence-corrected chi connectivity index (χ1v) is 12.7. The molecule has 0 saturated heterocycles. The molecule has 0 bridgehead atoms. The average molecular weight is 563 g/mol. The van der Waals surface area contributed by atoms with E-state index in [-0.39, 0.29) is 17.1 Å². The van der Waals surface area contributed by atoms with Crippen LogP contribution in [0.4, 0.5) is 26.3 Å². The highest BCUT2D eigenvalue weighted by Crippen LogP contribution is 2.52. The number of fused-ring (bicyclic) bond motifs is 3. The third kappa shape index (κ3) is 4.22. The Kier molecular flexibility index (Phi) is 5.97. The molecule has 0 aliphatic heterocycles. The quantitative estimate of drug-likeness (QED) is 0.280. The molecule has 7 nitrogen and oxygen atoms in total. The molecular weight excluding hydrogens is 538 g/mol. The topological polar surface area (TPSA) is 68.3 Å². The molecule has 0 unspecified atom stereocenters. The molecule has 6 rings (SSSR count). The summed E-state index contributed by atoms with van der Waals surface area (Å²) >= 11 is 0. The van der Waals surface area contributed by atoms with Crippen molar-refractivity contribution < 1.29 is 31.1 Å². The predicted octanol–water partition coefficient (Wildman–Crippen LogP) is 5.77. The van der Waals surface area contributed by atoms with Crippen LogP contribution >= 0.6 is 0 Å². The van der Waals surface area contributed by atoms with E-state index >= 15 is 0 Å². The molecule has 210 valence electrons. The predicted molar refractivity (Wildman–Crippen MR) is 130 cm³/mol. The van der Waals surface area contributed by atoms with Crippen molar-refractivity contribution in [3.63, 3.8) is 0 Å². The number of rotatable bonds is 6. The van der Waals surface area contributed by atoms with Gasteiger partial charge in [-0.25, -0.2) is 14.2 Å². The fourth-order valence-corrected chi connectivity index (χ4v) is 5.89. The van der Waals surface area contributed by atoms with Crippen molar-refractivity contribution in [3.8, 4) is 0 Å². The number of halogens is 6. The van der Waals surface area contributed by atoms with Gasteiger partial charge in [0.25, 0.3) is 0 Å². The second-order valence-corrected chi connectivity index (χ2v) is 10.7. The van der Waals surface area contributed by atoms with Crippen LogP contribution in [0.5, 0.6) is 0 Å². The largest absolute Gasteiger partial charge is 0.413 e. The number of alkyl halides is 5. The van der Waals surface area contributed by atoms with Gasteiger partial charge in [-0.05, 0) is 43.4 Å². The molecule has 3 aromatic heterocycles. The van der Waals surface area contributed by atoms with Gasteiger partial charge in [0, 0.05) is 42.9 Å². The van der Waals surface area contributed by atoms with Gasteiger partial charge in [-0.1, -0.05) is 24.3 Å². The normalized spacial score (nSPS) is 21.7. The molecule has 3 atom stereocenters. The summed E-state index contributed by atoms with van der Waals surface area (Å²) in [5.74, 6) is -2.09. The summed E-state index contributed by atoms with van der Waals surface area (Å²) in [4.78, 5) is 17.5. The summed E-state index contributed by atoms with van der Waals surface area (Å²) in [7, 11) is 1.17. The van der Waals surface area contributed by atoms with Gasteiger partial charge in [-0.15, -0.1) is 5.10 Å². The minimum Gasteiger partial charge on any atom is -0.330 e.